The molecule has 0 bridgehead atoms. The van der Waals surface area contributed by atoms with Crippen molar-refractivity contribution in [2.45, 2.75) is 83.6 Å². The molecule has 1 fully saturated rings. The Bertz CT molecular complexity index is 521. The van der Waals surface area contributed by atoms with Crippen LogP contribution in [0.2, 0.25) is 0 Å². The lowest BCUT2D eigenvalue weighted by atomic mass is 9.84. The monoisotopic (exact) mass is 372 g/mol. The van der Waals surface area contributed by atoms with Crippen LogP contribution in [0, 0.1) is 5.92 Å². The fraction of sp³-hybridized carbons (Fsp3) is 0.833. The van der Waals surface area contributed by atoms with E-state index in [0.29, 0.717) is 43.4 Å². The number of nitrogens with one attached hydrogen (secondary N) is 1. The van der Waals surface area contributed by atoms with Gasteiger partial charge in [0.25, 0.3) is 0 Å². The Labute approximate surface area is 157 Å². The van der Waals surface area contributed by atoms with E-state index in [1.807, 2.05) is 20.8 Å². The van der Waals surface area contributed by atoms with Crippen LogP contribution in [0.1, 0.15) is 77.4 Å². The van der Waals surface area contributed by atoms with E-state index in [-0.39, 0.29) is 29.8 Å². The zero-order chi connectivity index (χ0) is 17.6. The summed E-state index contributed by atoms with van der Waals surface area (Å²) in [5, 5.41) is 7.13. The number of amides is 1. The maximum Gasteiger partial charge on any atom is 0.226 e. The summed E-state index contributed by atoms with van der Waals surface area (Å²) < 4.78 is 5.26. The van der Waals surface area contributed by atoms with Crippen LogP contribution in [-0.2, 0) is 16.6 Å². The lowest BCUT2D eigenvalue weighted by Gasteiger charge is -2.30. The molecule has 144 valence electrons. The second-order valence-corrected chi connectivity index (χ2v) is 7.92. The molecule has 1 aliphatic carbocycles. The minimum atomic E-state index is -0.118. The molecule has 1 unspecified atom stereocenters. The van der Waals surface area contributed by atoms with Gasteiger partial charge in [-0.1, -0.05) is 45.2 Å². The Morgan fingerprint density at radius 3 is 2.56 bits per heavy atom. The van der Waals surface area contributed by atoms with Crippen molar-refractivity contribution >= 4 is 18.3 Å². The molecule has 1 atom stereocenters. The summed E-state index contributed by atoms with van der Waals surface area (Å²) in [6, 6.07) is 0.119. The Morgan fingerprint density at radius 2 is 2.00 bits per heavy atom. The van der Waals surface area contributed by atoms with Crippen molar-refractivity contribution in [3.05, 3.63) is 11.7 Å². The van der Waals surface area contributed by atoms with Crippen molar-refractivity contribution in [3.8, 4) is 0 Å². The van der Waals surface area contributed by atoms with Crippen molar-refractivity contribution in [3.63, 3.8) is 0 Å². The van der Waals surface area contributed by atoms with E-state index in [1.54, 1.807) is 0 Å². The van der Waals surface area contributed by atoms with E-state index in [1.165, 1.54) is 32.1 Å². The average Bonchev–Trinajstić information content (AvgIpc) is 3.02. The van der Waals surface area contributed by atoms with E-state index in [4.69, 9.17) is 10.3 Å². The molecule has 1 amide bonds. The van der Waals surface area contributed by atoms with Crippen LogP contribution in [0.15, 0.2) is 4.52 Å². The largest absolute Gasteiger partial charge is 0.352 e. The summed E-state index contributed by atoms with van der Waals surface area (Å²) >= 11 is 0. The highest BCUT2D eigenvalue weighted by atomic mass is 35.5. The van der Waals surface area contributed by atoms with Gasteiger partial charge in [0.05, 0.1) is 0 Å². The third-order valence-electron chi connectivity index (χ3n) is 4.75. The molecule has 2 rings (SSSR count). The number of hydrogen-bond acceptors (Lipinski definition) is 5. The fourth-order valence-corrected chi connectivity index (χ4v) is 3.25. The van der Waals surface area contributed by atoms with Crippen molar-refractivity contribution in [1.82, 2.24) is 15.5 Å². The predicted molar refractivity (Wildman–Crippen MR) is 101 cm³/mol. The molecule has 0 spiro atoms. The first-order chi connectivity index (χ1) is 11.4. The lowest BCUT2D eigenvalue weighted by Crippen LogP contribution is -2.45. The van der Waals surface area contributed by atoms with Crippen LogP contribution in [0.4, 0.5) is 0 Å². The Hall–Kier alpha value is -1.14. The van der Waals surface area contributed by atoms with E-state index < -0.39 is 0 Å². The van der Waals surface area contributed by atoms with Gasteiger partial charge >= 0.3 is 0 Å². The number of nitrogens with two attached hydrogens (primary N) is 1. The number of halogens is 1. The number of carbonyl (C=O) groups excluding carboxylic acids is 1. The highest BCUT2D eigenvalue weighted by molar-refractivity contribution is 5.85. The molecule has 7 heteroatoms. The molecule has 1 saturated carbocycles. The minimum Gasteiger partial charge on any atom is -0.352 e. The molecular weight excluding hydrogens is 340 g/mol. The highest BCUT2D eigenvalue weighted by Crippen LogP contribution is 2.26. The number of hydrogen-bond donors (Lipinski definition) is 2. The summed E-state index contributed by atoms with van der Waals surface area (Å²) in [4.78, 5) is 16.6. The standard InChI is InChI=1S/C18H32N4O2.ClH/c1-18(2,3)17-21-16(24-22-17)11-7-10-15(23)20-14(12-19)13-8-5-4-6-9-13;/h13-14H,4-12,19H2,1-3H3,(H,20,23);1H. The summed E-state index contributed by atoms with van der Waals surface area (Å²) in [5.41, 5.74) is 5.75. The number of aromatic nitrogens is 2. The number of nitrogens with zero attached hydrogens (tertiary/aromatic N) is 2. The molecule has 6 nitrogen and oxygen atoms in total. The number of aryl methyl sites for hydroxylation is 1. The third kappa shape index (κ3) is 6.94. The van der Waals surface area contributed by atoms with Crippen molar-refractivity contribution in [2.24, 2.45) is 11.7 Å². The van der Waals surface area contributed by atoms with Gasteiger partial charge in [-0.05, 0) is 25.2 Å². The second-order valence-electron chi connectivity index (χ2n) is 7.92. The van der Waals surface area contributed by atoms with Crippen LogP contribution in [-0.4, -0.2) is 28.6 Å². The average molecular weight is 373 g/mol. The van der Waals surface area contributed by atoms with Gasteiger partial charge in [-0.15, -0.1) is 12.4 Å². The number of carbonyl (C=O) groups is 1. The number of rotatable bonds is 7. The molecular formula is C18H33ClN4O2. The molecule has 0 saturated heterocycles. The van der Waals surface area contributed by atoms with Crippen molar-refractivity contribution in [2.75, 3.05) is 6.54 Å². The lowest BCUT2D eigenvalue weighted by molar-refractivity contribution is -0.122. The summed E-state index contributed by atoms with van der Waals surface area (Å²) in [6.07, 6.45) is 7.99. The highest BCUT2D eigenvalue weighted by Gasteiger charge is 2.24. The molecule has 25 heavy (non-hydrogen) atoms. The van der Waals surface area contributed by atoms with Crippen molar-refractivity contribution in [1.29, 1.82) is 0 Å². The van der Waals surface area contributed by atoms with Crippen LogP contribution < -0.4 is 11.1 Å². The van der Waals surface area contributed by atoms with Crippen LogP contribution in [0.25, 0.3) is 0 Å². The van der Waals surface area contributed by atoms with Gasteiger partial charge in [0.2, 0.25) is 11.8 Å². The molecule has 1 aromatic rings. The first kappa shape index (κ1) is 21.9. The molecule has 0 radical (unpaired) electrons. The first-order valence-corrected chi connectivity index (χ1v) is 9.22. The molecule has 3 N–H and O–H groups in total. The van der Waals surface area contributed by atoms with Crippen molar-refractivity contribution < 1.29 is 9.32 Å². The van der Waals surface area contributed by atoms with E-state index in [2.05, 4.69) is 15.5 Å². The Balaban J connectivity index is 0.00000312. The SMILES string of the molecule is CC(C)(C)c1noc(CCCC(=O)NC(CN)C2CCCCC2)n1.Cl. The van der Waals surface area contributed by atoms with E-state index >= 15 is 0 Å². The minimum absolute atomic E-state index is 0. The zero-order valence-corrected chi connectivity index (χ0v) is 16.5. The normalized spacial score (nSPS) is 17.0. The Kier molecular flexibility index (Phi) is 8.86. The van der Waals surface area contributed by atoms with Gasteiger partial charge in [-0.2, -0.15) is 4.98 Å². The first-order valence-electron chi connectivity index (χ1n) is 9.22. The van der Waals surface area contributed by atoms with E-state index in [9.17, 15) is 4.79 Å². The second kappa shape index (κ2) is 10.1. The van der Waals surface area contributed by atoms with Gasteiger partial charge in [0.15, 0.2) is 5.82 Å². The molecule has 1 aliphatic rings. The fourth-order valence-electron chi connectivity index (χ4n) is 3.25. The van der Waals surface area contributed by atoms with Gasteiger partial charge in [-0.3, -0.25) is 4.79 Å². The molecule has 0 aliphatic heterocycles. The van der Waals surface area contributed by atoms with E-state index in [0.717, 1.165) is 0 Å². The van der Waals surface area contributed by atoms with Crippen LogP contribution in [0.3, 0.4) is 0 Å². The maximum atomic E-state index is 12.2. The third-order valence-corrected chi connectivity index (χ3v) is 4.75. The smallest absolute Gasteiger partial charge is 0.226 e. The summed E-state index contributed by atoms with van der Waals surface area (Å²) in [7, 11) is 0. The molecule has 0 aromatic carbocycles. The topological polar surface area (TPSA) is 94.0 Å². The molecule has 1 heterocycles. The van der Waals surface area contributed by atoms with Gasteiger partial charge < -0.3 is 15.6 Å². The molecule has 1 aromatic heterocycles. The quantitative estimate of drug-likeness (QED) is 0.766. The zero-order valence-electron chi connectivity index (χ0n) is 15.7. The summed E-state index contributed by atoms with van der Waals surface area (Å²) in [5.74, 6) is 1.93. The van der Waals surface area contributed by atoms with Crippen LogP contribution in [0.5, 0.6) is 0 Å². The maximum absolute atomic E-state index is 12.2. The Morgan fingerprint density at radius 1 is 1.32 bits per heavy atom. The van der Waals surface area contributed by atoms with Gasteiger partial charge in [0, 0.05) is 30.8 Å². The van der Waals surface area contributed by atoms with Crippen LogP contribution >= 0.6 is 12.4 Å². The van der Waals surface area contributed by atoms with Gasteiger partial charge in [0.1, 0.15) is 0 Å². The van der Waals surface area contributed by atoms with Gasteiger partial charge in [-0.25, -0.2) is 0 Å². The predicted octanol–water partition coefficient (Wildman–Crippen LogP) is 3.14. The summed E-state index contributed by atoms with van der Waals surface area (Å²) in [6.45, 7) is 6.67.